The number of nitrogens with one attached hydrogen (secondary N) is 1. The lowest BCUT2D eigenvalue weighted by atomic mass is 10.0. The maximum Gasteiger partial charge on any atom is 0.283 e. The number of fused-ring (bicyclic) bond motifs is 1. The van der Waals surface area contributed by atoms with Crippen LogP contribution in [0.25, 0.3) is 10.1 Å². The van der Waals surface area contributed by atoms with Gasteiger partial charge in [0, 0.05) is 28.6 Å². The summed E-state index contributed by atoms with van der Waals surface area (Å²) in [5, 5.41) is 5.74. The van der Waals surface area contributed by atoms with E-state index in [1.54, 1.807) is 7.11 Å². The molecule has 0 spiro atoms. The molecule has 0 aliphatic heterocycles. The summed E-state index contributed by atoms with van der Waals surface area (Å²) in [6.45, 7) is 0. The molecule has 0 radical (unpaired) electrons. The predicted molar refractivity (Wildman–Crippen MR) is 129 cm³/mol. The van der Waals surface area contributed by atoms with E-state index in [0.717, 1.165) is 32.7 Å². The minimum Gasteiger partial charge on any atom is -0.497 e. The van der Waals surface area contributed by atoms with Crippen LogP contribution in [0.2, 0.25) is 5.02 Å². The standard InChI is InChI=1S/C25H21ClN2O2S/c1-30-20-12-13-21-22(16-20)31-24(23(21)26)25(29)28-27-19(14-17-8-4-2-5-9-17)15-18-10-6-3-7-11-18/h2-13,16H,14-15H2,1H3,(H,28,29). The smallest absolute Gasteiger partial charge is 0.283 e. The lowest BCUT2D eigenvalue weighted by Gasteiger charge is -2.08. The molecular weight excluding hydrogens is 428 g/mol. The van der Waals surface area contributed by atoms with Crippen molar-refractivity contribution in [3.05, 3.63) is 99.9 Å². The number of hydrazone groups is 1. The average Bonchev–Trinajstić information content (AvgIpc) is 3.14. The Balaban J connectivity index is 1.58. The Labute approximate surface area is 190 Å². The molecule has 0 atom stereocenters. The van der Waals surface area contributed by atoms with E-state index in [9.17, 15) is 4.79 Å². The fraction of sp³-hybridized carbons (Fsp3) is 0.120. The lowest BCUT2D eigenvalue weighted by molar-refractivity contribution is 0.0959. The van der Waals surface area contributed by atoms with Gasteiger partial charge in [-0.15, -0.1) is 11.3 Å². The van der Waals surface area contributed by atoms with Crippen molar-refractivity contribution in [3.8, 4) is 5.75 Å². The molecule has 4 nitrogen and oxygen atoms in total. The maximum atomic E-state index is 12.9. The monoisotopic (exact) mass is 448 g/mol. The molecular formula is C25H21ClN2O2S. The van der Waals surface area contributed by atoms with Gasteiger partial charge in [-0.1, -0.05) is 72.3 Å². The number of methoxy groups -OCH3 is 1. The van der Waals surface area contributed by atoms with Gasteiger partial charge in [-0.2, -0.15) is 5.10 Å². The molecule has 4 aromatic rings. The van der Waals surface area contributed by atoms with Crippen LogP contribution in [0.15, 0.2) is 84.0 Å². The molecule has 1 heterocycles. The van der Waals surface area contributed by atoms with Crippen molar-refractivity contribution >= 4 is 44.6 Å². The number of benzene rings is 3. The molecule has 1 amide bonds. The van der Waals surface area contributed by atoms with Crippen LogP contribution in [0.4, 0.5) is 0 Å². The number of halogens is 1. The predicted octanol–water partition coefficient (Wildman–Crippen LogP) is 6.13. The summed E-state index contributed by atoms with van der Waals surface area (Å²) < 4.78 is 6.16. The lowest BCUT2D eigenvalue weighted by Crippen LogP contribution is -2.21. The fourth-order valence-electron chi connectivity index (χ4n) is 3.30. The highest BCUT2D eigenvalue weighted by molar-refractivity contribution is 7.21. The van der Waals surface area contributed by atoms with Crippen molar-refractivity contribution in [2.75, 3.05) is 7.11 Å². The van der Waals surface area contributed by atoms with Crippen LogP contribution in [-0.2, 0) is 12.8 Å². The Morgan fingerprint density at radius 1 is 0.968 bits per heavy atom. The van der Waals surface area contributed by atoms with E-state index in [1.807, 2.05) is 54.6 Å². The Hall–Kier alpha value is -3.15. The van der Waals surface area contributed by atoms with E-state index in [1.165, 1.54) is 11.3 Å². The minimum atomic E-state index is -0.316. The van der Waals surface area contributed by atoms with Gasteiger partial charge in [0.1, 0.15) is 10.6 Å². The summed E-state index contributed by atoms with van der Waals surface area (Å²) in [7, 11) is 1.61. The molecule has 156 valence electrons. The number of nitrogens with zero attached hydrogens (tertiary/aromatic N) is 1. The molecule has 0 fully saturated rings. The largest absolute Gasteiger partial charge is 0.497 e. The van der Waals surface area contributed by atoms with Crippen LogP contribution in [0.1, 0.15) is 20.8 Å². The van der Waals surface area contributed by atoms with E-state index in [4.69, 9.17) is 16.3 Å². The van der Waals surface area contributed by atoms with Crippen LogP contribution < -0.4 is 10.2 Å². The maximum absolute atomic E-state index is 12.9. The van der Waals surface area contributed by atoms with Gasteiger partial charge >= 0.3 is 0 Å². The summed E-state index contributed by atoms with van der Waals surface area (Å²) in [4.78, 5) is 13.3. The first-order valence-electron chi connectivity index (χ1n) is 9.83. The van der Waals surface area contributed by atoms with Crippen LogP contribution >= 0.6 is 22.9 Å². The molecule has 0 saturated heterocycles. The van der Waals surface area contributed by atoms with Crippen molar-refractivity contribution < 1.29 is 9.53 Å². The third-order valence-electron chi connectivity index (χ3n) is 4.86. The van der Waals surface area contributed by atoms with Crippen molar-refractivity contribution in [1.82, 2.24) is 5.43 Å². The van der Waals surface area contributed by atoms with Gasteiger partial charge < -0.3 is 4.74 Å². The molecule has 0 saturated carbocycles. The summed E-state index contributed by atoms with van der Waals surface area (Å²) in [5.41, 5.74) is 5.85. The normalized spacial score (nSPS) is 10.6. The van der Waals surface area contributed by atoms with Crippen LogP contribution in [0.3, 0.4) is 0 Å². The van der Waals surface area contributed by atoms with Crippen LogP contribution in [0.5, 0.6) is 5.75 Å². The molecule has 0 unspecified atom stereocenters. The molecule has 0 aliphatic rings. The molecule has 1 aromatic heterocycles. The van der Waals surface area contributed by atoms with Crippen LogP contribution in [-0.4, -0.2) is 18.7 Å². The fourth-order valence-corrected chi connectivity index (χ4v) is 4.74. The van der Waals surface area contributed by atoms with Crippen molar-refractivity contribution in [3.63, 3.8) is 0 Å². The van der Waals surface area contributed by atoms with Crippen molar-refractivity contribution in [2.24, 2.45) is 5.10 Å². The second kappa shape index (κ2) is 9.77. The van der Waals surface area contributed by atoms with Gasteiger partial charge in [-0.05, 0) is 29.3 Å². The number of hydrogen-bond donors (Lipinski definition) is 1. The van der Waals surface area contributed by atoms with Crippen LogP contribution in [0, 0.1) is 0 Å². The highest BCUT2D eigenvalue weighted by Gasteiger charge is 2.17. The molecule has 1 N–H and O–H groups in total. The van der Waals surface area contributed by atoms with Gasteiger partial charge in [0.25, 0.3) is 5.91 Å². The second-order valence-corrected chi connectivity index (χ2v) is 8.48. The van der Waals surface area contributed by atoms with Crippen molar-refractivity contribution in [1.29, 1.82) is 0 Å². The highest BCUT2D eigenvalue weighted by atomic mass is 35.5. The number of thiophene rings is 1. The first-order chi connectivity index (χ1) is 15.1. The van der Waals surface area contributed by atoms with E-state index < -0.39 is 0 Å². The Bertz CT molecular complexity index is 1180. The number of hydrogen-bond acceptors (Lipinski definition) is 4. The average molecular weight is 449 g/mol. The molecule has 3 aromatic carbocycles. The van der Waals surface area contributed by atoms with Gasteiger partial charge in [0.15, 0.2) is 0 Å². The number of amides is 1. The molecule has 0 bridgehead atoms. The summed E-state index contributed by atoms with van der Waals surface area (Å²) in [6.07, 6.45) is 1.29. The highest BCUT2D eigenvalue weighted by Crippen LogP contribution is 2.37. The van der Waals surface area contributed by atoms with Crippen molar-refractivity contribution in [2.45, 2.75) is 12.8 Å². The summed E-state index contributed by atoms with van der Waals surface area (Å²) in [5.74, 6) is 0.409. The Kier molecular flexibility index (Phi) is 6.65. The molecule has 31 heavy (non-hydrogen) atoms. The second-order valence-electron chi connectivity index (χ2n) is 7.05. The van der Waals surface area contributed by atoms with E-state index in [2.05, 4.69) is 34.8 Å². The summed E-state index contributed by atoms with van der Waals surface area (Å²) >= 11 is 7.81. The quantitative estimate of drug-likeness (QED) is 0.273. The Morgan fingerprint density at radius 2 is 1.58 bits per heavy atom. The Morgan fingerprint density at radius 3 is 2.16 bits per heavy atom. The van der Waals surface area contributed by atoms with E-state index in [0.29, 0.717) is 22.7 Å². The van der Waals surface area contributed by atoms with Gasteiger partial charge in [0.2, 0.25) is 0 Å². The third-order valence-corrected chi connectivity index (χ3v) is 6.52. The molecule has 0 aliphatic carbocycles. The van der Waals surface area contributed by atoms with E-state index in [-0.39, 0.29) is 5.91 Å². The third kappa shape index (κ3) is 5.13. The topological polar surface area (TPSA) is 50.7 Å². The summed E-state index contributed by atoms with van der Waals surface area (Å²) in [6, 6.07) is 25.8. The van der Waals surface area contributed by atoms with Gasteiger partial charge in [-0.3, -0.25) is 4.79 Å². The number of carbonyl (C=O) groups excluding carboxylic acids is 1. The van der Waals surface area contributed by atoms with Gasteiger partial charge in [-0.25, -0.2) is 5.43 Å². The molecule has 4 rings (SSSR count). The zero-order valence-electron chi connectivity index (χ0n) is 17.0. The molecule has 6 heteroatoms. The number of rotatable bonds is 7. The minimum absolute atomic E-state index is 0.316. The van der Waals surface area contributed by atoms with Gasteiger partial charge in [0.05, 0.1) is 12.1 Å². The zero-order valence-corrected chi connectivity index (χ0v) is 18.5. The number of carbonyl (C=O) groups is 1. The SMILES string of the molecule is COc1ccc2c(Cl)c(C(=O)NN=C(Cc3ccccc3)Cc3ccccc3)sc2c1. The zero-order chi connectivity index (χ0) is 21.6. The number of ether oxygens (including phenoxy) is 1. The first-order valence-corrected chi connectivity index (χ1v) is 11.0. The van der Waals surface area contributed by atoms with E-state index >= 15 is 0 Å². The first kappa shape index (κ1) is 21.1.